The van der Waals surface area contributed by atoms with Gasteiger partial charge < -0.3 is 19.9 Å². The summed E-state index contributed by atoms with van der Waals surface area (Å²) in [5.74, 6) is 0.652. The van der Waals surface area contributed by atoms with Gasteiger partial charge >= 0.3 is 0 Å². The Hall–Kier alpha value is -0.160. The summed E-state index contributed by atoms with van der Waals surface area (Å²) in [4.78, 5) is 5.10. The van der Waals surface area contributed by atoms with E-state index in [4.69, 9.17) is 4.74 Å². The summed E-state index contributed by atoms with van der Waals surface area (Å²) in [6.45, 7) is 11.4. The molecule has 0 radical (unpaired) electrons. The van der Waals surface area contributed by atoms with Crippen molar-refractivity contribution in [3.8, 4) is 0 Å². The van der Waals surface area contributed by atoms with Crippen LogP contribution in [0, 0.1) is 5.92 Å². The van der Waals surface area contributed by atoms with Crippen LogP contribution in [-0.2, 0) is 4.74 Å². The lowest BCUT2D eigenvalue weighted by molar-refractivity contribution is 0.0191. The van der Waals surface area contributed by atoms with E-state index in [1.165, 1.54) is 51.9 Å². The fraction of sp³-hybridized carbons (Fsp3) is 1.00. The van der Waals surface area contributed by atoms with Gasteiger partial charge in [0.15, 0.2) is 0 Å². The molecule has 0 spiro atoms. The summed E-state index contributed by atoms with van der Waals surface area (Å²) in [6.07, 6.45) is 5.17. The van der Waals surface area contributed by atoms with Crippen molar-refractivity contribution in [3.63, 3.8) is 0 Å². The molecule has 2 unspecified atom stereocenters. The zero-order valence-corrected chi connectivity index (χ0v) is 13.4. The van der Waals surface area contributed by atoms with Gasteiger partial charge in [0.25, 0.3) is 0 Å². The molecule has 0 saturated carbocycles. The normalized spacial score (nSPS) is 28.4. The van der Waals surface area contributed by atoms with Gasteiger partial charge in [0.1, 0.15) is 0 Å². The second-order valence-corrected chi connectivity index (χ2v) is 6.50. The Balaban J connectivity index is 1.68. The average Bonchev–Trinajstić information content (AvgIpc) is 2.97. The number of nitrogens with zero attached hydrogens (tertiary/aromatic N) is 2. The molecule has 2 atom stereocenters. The van der Waals surface area contributed by atoms with Crippen molar-refractivity contribution < 1.29 is 4.74 Å². The number of likely N-dealkylation sites (N-methyl/N-ethyl adjacent to an activating group) is 1. The van der Waals surface area contributed by atoms with E-state index in [1.54, 1.807) is 0 Å². The van der Waals surface area contributed by atoms with Crippen LogP contribution < -0.4 is 5.32 Å². The monoisotopic (exact) mass is 283 g/mol. The van der Waals surface area contributed by atoms with Gasteiger partial charge in [-0.15, -0.1) is 0 Å². The number of hydrogen-bond donors (Lipinski definition) is 1. The van der Waals surface area contributed by atoms with Crippen molar-refractivity contribution in [2.45, 2.75) is 38.6 Å². The maximum Gasteiger partial charge on any atom is 0.0521 e. The van der Waals surface area contributed by atoms with Crippen LogP contribution >= 0.6 is 0 Å². The van der Waals surface area contributed by atoms with Gasteiger partial charge in [0.05, 0.1) is 6.61 Å². The molecule has 118 valence electrons. The first kappa shape index (κ1) is 16.2. The SMILES string of the molecule is CCCNC1CCOCC1CN(C)CCN1CCCC1. The maximum absolute atomic E-state index is 5.69. The van der Waals surface area contributed by atoms with Gasteiger partial charge in [-0.1, -0.05) is 6.92 Å². The molecule has 0 aromatic carbocycles. The molecule has 2 aliphatic heterocycles. The van der Waals surface area contributed by atoms with Crippen molar-refractivity contribution in [1.29, 1.82) is 0 Å². The lowest BCUT2D eigenvalue weighted by Gasteiger charge is -2.35. The predicted molar refractivity (Wildman–Crippen MR) is 84.2 cm³/mol. The number of rotatable bonds is 8. The second-order valence-electron chi connectivity index (χ2n) is 6.50. The van der Waals surface area contributed by atoms with Gasteiger partial charge in [-0.25, -0.2) is 0 Å². The van der Waals surface area contributed by atoms with Crippen LogP contribution in [0.3, 0.4) is 0 Å². The minimum Gasteiger partial charge on any atom is -0.381 e. The lowest BCUT2D eigenvalue weighted by atomic mass is 9.95. The van der Waals surface area contributed by atoms with E-state index in [0.717, 1.165) is 26.3 Å². The fourth-order valence-corrected chi connectivity index (χ4v) is 3.39. The topological polar surface area (TPSA) is 27.7 Å². The first-order chi connectivity index (χ1) is 9.79. The molecule has 0 aliphatic carbocycles. The minimum atomic E-state index is 0.651. The highest BCUT2D eigenvalue weighted by molar-refractivity contribution is 4.82. The van der Waals surface area contributed by atoms with Gasteiger partial charge in [0.2, 0.25) is 0 Å². The first-order valence-corrected chi connectivity index (χ1v) is 8.51. The van der Waals surface area contributed by atoms with Crippen LogP contribution in [0.4, 0.5) is 0 Å². The van der Waals surface area contributed by atoms with Crippen LogP contribution in [0.1, 0.15) is 32.6 Å². The Labute approximate surface area is 124 Å². The zero-order valence-electron chi connectivity index (χ0n) is 13.4. The van der Waals surface area contributed by atoms with Crippen LogP contribution in [0.25, 0.3) is 0 Å². The third-order valence-electron chi connectivity index (χ3n) is 4.67. The van der Waals surface area contributed by atoms with Gasteiger partial charge in [-0.3, -0.25) is 0 Å². The van der Waals surface area contributed by atoms with E-state index in [2.05, 4.69) is 29.1 Å². The molecule has 4 heteroatoms. The summed E-state index contributed by atoms with van der Waals surface area (Å²) in [6, 6.07) is 0.651. The molecule has 0 aromatic heterocycles. The fourth-order valence-electron chi connectivity index (χ4n) is 3.39. The maximum atomic E-state index is 5.69. The van der Waals surface area contributed by atoms with E-state index < -0.39 is 0 Å². The highest BCUT2D eigenvalue weighted by Crippen LogP contribution is 2.16. The summed E-state index contributed by atoms with van der Waals surface area (Å²) in [5.41, 5.74) is 0. The van der Waals surface area contributed by atoms with E-state index in [0.29, 0.717) is 12.0 Å². The van der Waals surface area contributed by atoms with Crippen molar-refractivity contribution in [3.05, 3.63) is 0 Å². The molecule has 2 rings (SSSR count). The van der Waals surface area contributed by atoms with Crippen LogP contribution in [0.5, 0.6) is 0 Å². The molecular formula is C16H33N3O. The van der Waals surface area contributed by atoms with Crippen LogP contribution in [-0.4, -0.2) is 75.4 Å². The van der Waals surface area contributed by atoms with Gasteiger partial charge in [0, 0.05) is 38.2 Å². The van der Waals surface area contributed by atoms with Crippen molar-refractivity contribution in [1.82, 2.24) is 15.1 Å². The standard InChI is InChI=1S/C16H33N3O/c1-3-7-17-16-6-12-20-14-15(16)13-18(2)10-11-19-8-4-5-9-19/h15-17H,3-14H2,1-2H3. The lowest BCUT2D eigenvalue weighted by Crippen LogP contribution is -2.48. The van der Waals surface area contributed by atoms with Crippen LogP contribution in [0.2, 0.25) is 0 Å². The molecule has 2 fully saturated rings. The molecule has 4 nitrogen and oxygen atoms in total. The Morgan fingerprint density at radius 1 is 1.30 bits per heavy atom. The Bertz CT molecular complexity index is 256. The predicted octanol–water partition coefficient (Wildman–Crippen LogP) is 1.42. The highest BCUT2D eigenvalue weighted by Gasteiger charge is 2.26. The molecule has 2 heterocycles. The Morgan fingerprint density at radius 2 is 2.10 bits per heavy atom. The third kappa shape index (κ3) is 5.32. The summed E-state index contributed by atoms with van der Waals surface area (Å²) in [5, 5.41) is 3.71. The average molecular weight is 283 g/mol. The zero-order chi connectivity index (χ0) is 14.2. The van der Waals surface area contributed by atoms with E-state index in [1.807, 2.05) is 0 Å². The summed E-state index contributed by atoms with van der Waals surface area (Å²) >= 11 is 0. The quantitative estimate of drug-likeness (QED) is 0.729. The van der Waals surface area contributed by atoms with Crippen LogP contribution in [0.15, 0.2) is 0 Å². The van der Waals surface area contributed by atoms with E-state index >= 15 is 0 Å². The Morgan fingerprint density at radius 3 is 2.85 bits per heavy atom. The van der Waals surface area contributed by atoms with Crippen molar-refractivity contribution >= 4 is 0 Å². The number of hydrogen-bond acceptors (Lipinski definition) is 4. The molecule has 2 saturated heterocycles. The third-order valence-corrected chi connectivity index (χ3v) is 4.67. The van der Waals surface area contributed by atoms with Gasteiger partial charge in [-0.05, 0) is 52.4 Å². The van der Waals surface area contributed by atoms with Crippen molar-refractivity contribution in [2.75, 3.05) is 59.5 Å². The highest BCUT2D eigenvalue weighted by atomic mass is 16.5. The molecule has 0 bridgehead atoms. The minimum absolute atomic E-state index is 0.651. The molecule has 0 aromatic rings. The van der Waals surface area contributed by atoms with Gasteiger partial charge in [-0.2, -0.15) is 0 Å². The van der Waals surface area contributed by atoms with E-state index in [9.17, 15) is 0 Å². The van der Waals surface area contributed by atoms with E-state index in [-0.39, 0.29) is 0 Å². The smallest absolute Gasteiger partial charge is 0.0521 e. The number of ether oxygens (including phenoxy) is 1. The number of likely N-dealkylation sites (tertiary alicyclic amines) is 1. The molecule has 0 amide bonds. The molecule has 1 N–H and O–H groups in total. The molecule has 2 aliphatic rings. The molecular weight excluding hydrogens is 250 g/mol. The summed E-state index contributed by atoms with van der Waals surface area (Å²) < 4.78 is 5.69. The van der Waals surface area contributed by atoms with Crippen molar-refractivity contribution in [2.24, 2.45) is 5.92 Å². The number of nitrogens with one attached hydrogen (secondary N) is 1. The Kier molecular flexibility index (Phi) is 7.28. The molecule has 20 heavy (non-hydrogen) atoms. The first-order valence-electron chi connectivity index (χ1n) is 8.51. The second kappa shape index (κ2) is 8.98. The summed E-state index contributed by atoms with van der Waals surface area (Å²) in [7, 11) is 2.27. The largest absolute Gasteiger partial charge is 0.381 e.